The van der Waals surface area contributed by atoms with Gasteiger partial charge in [-0.15, -0.1) is 0 Å². The van der Waals surface area contributed by atoms with Gasteiger partial charge in [-0.1, -0.05) is 27.5 Å². The van der Waals surface area contributed by atoms with Gasteiger partial charge in [-0.05, 0) is 60.7 Å². The number of carbonyl (C=O) groups excluding carboxylic acids is 2. The normalized spacial score (nSPS) is 12.1. The summed E-state index contributed by atoms with van der Waals surface area (Å²) in [7, 11) is 0. The summed E-state index contributed by atoms with van der Waals surface area (Å²) in [5.74, 6) is 0.299. The van der Waals surface area contributed by atoms with Crippen molar-refractivity contribution in [1.29, 1.82) is 0 Å². The fourth-order valence-electron chi connectivity index (χ4n) is 2.72. The number of nitrogens with zero attached hydrogens (tertiary/aromatic N) is 1. The first-order chi connectivity index (χ1) is 15.0. The van der Waals surface area contributed by atoms with E-state index in [1.807, 2.05) is 0 Å². The third-order valence-electron chi connectivity index (χ3n) is 4.26. The van der Waals surface area contributed by atoms with Crippen molar-refractivity contribution in [3.63, 3.8) is 0 Å². The third-order valence-corrected chi connectivity index (χ3v) is 5.02. The molecule has 0 saturated heterocycles. The van der Waals surface area contributed by atoms with Crippen LogP contribution in [0.3, 0.4) is 0 Å². The first-order valence-electron chi connectivity index (χ1n) is 9.00. The van der Waals surface area contributed by atoms with E-state index in [2.05, 4.69) is 26.5 Å². The molecule has 1 aliphatic heterocycles. The highest BCUT2D eigenvalue weighted by Crippen LogP contribution is 2.33. The lowest BCUT2D eigenvalue weighted by atomic mass is 10.2. The van der Waals surface area contributed by atoms with E-state index in [0.717, 1.165) is 4.47 Å². The molecule has 3 aromatic carbocycles. The SMILES string of the molecule is O=C(N/N=C/c1cc(Cl)ccc1OC(=O)c1ccc2c(c1)OCO2)c1ccc(Br)cc1. The first-order valence-corrected chi connectivity index (χ1v) is 10.2. The predicted molar refractivity (Wildman–Crippen MR) is 118 cm³/mol. The highest BCUT2D eigenvalue weighted by Gasteiger charge is 2.18. The van der Waals surface area contributed by atoms with E-state index in [1.165, 1.54) is 6.21 Å². The number of ether oxygens (including phenoxy) is 3. The number of amides is 1. The highest BCUT2D eigenvalue weighted by atomic mass is 79.9. The fourth-order valence-corrected chi connectivity index (χ4v) is 3.17. The molecule has 1 aliphatic rings. The highest BCUT2D eigenvalue weighted by molar-refractivity contribution is 9.10. The van der Waals surface area contributed by atoms with E-state index < -0.39 is 5.97 Å². The maximum atomic E-state index is 12.6. The second-order valence-corrected chi connectivity index (χ2v) is 7.70. The molecule has 0 aliphatic carbocycles. The number of hydrogen-bond donors (Lipinski definition) is 1. The van der Waals surface area contributed by atoms with Gasteiger partial charge in [0.15, 0.2) is 11.5 Å². The van der Waals surface area contributed by atoms with Gasteiger partial charge in [0, 0.05) is 20.6 Å². The summed E-state index contributed by atoms with van der Waals surface area (Å²) in [6.45, 7) is 0.109. The molecule has 9 heteroatoms. The third kappa shape index (κ3) is 5.04. The topological polar surface area (TPSA) is 86.2 Å². The molecule has 31 heavy (non-hydrogen) atoms. The molecule has 156 valence electrons. The smallest absolute Gasteiger partial charge is 0.343 e. The summed E-state index contributed by atoms with van der Waals surface area (Å²) in [5.41, 5.74) is 3.58. The molecule has 0 saturated carbocycles. The molecule has 0 radical (unpaired) electrons. The van der Waals surface area contributed by atoms with E-state index in [0.29, 0.717) is 33.2 Å². The van der Waals surface area contributed by atoms with Crippen LogP contribution >= 0.6 is 27.5 Å². The lowest BCUT2D eigenvalue weighted by Crippen LogP contribution is -2.17. The molecule has 7 nitrogen and oxygen atoms in total. The van der Waals surface area contributed by atoms with E-state index in [9.17, 15) is 9.59 Å². The maximum Gasteiger partial charge on any atom is 0.343 e. The second kappa shape index (κ2) is 9.20. The van der Waals surface area contributed by atoms with Gasteiger partial charge in [0.2, 0.25) is 6.79 Å². The molecule has 3 aromatic rings. The van der Waals surface area contributed by atoms with E-state index >= 15 is 0 Å². The Labute approximate surface area is 190 Å². The fraction of sp³-hybridized carbons (Fsp3) is 0.0455. The summed E-state index contributed by atoms with van der Waals surface area (Å²) in [6.07, 6.45) is 1.35. The maximum absolute atomic E-state index is 12.6. The molecule has 0 aromatic heterocycles. The van der Waals surface area contributed by atoms with Gasteiger partial charge in [0.05, 0.1) is 11.8 Å². The van der Waals surface area contributed by atoms with Crippen LogP contribution < -0.4 is 19.6 Å². The lowest BCUT2D eigenvalue weighted by molar-refractivity contribution is 0.0733. The van der Waals surface area contributed by atoms with Gasteiger partial charge in [0.25, 0.3) is 5.91 Å². The Bertz CT molecular complexity index is 1180. The number of fused-ring (bicyclic) bond motifs is 1. The number of rotatable bonds is 5. The standard InChI is InChI=1S/C22H14BrClN2O5/c23-16-4-1-13(2-5-16)21(27)26-25-11-15-9-17(24)6-8-18(15)31-22(28)14-3-7-19-20(10-14)30-12-29-19/h1-11H,12H2,(H,26,27)/b25-11+. The van der Waals surface area contributed by atoms with Crippen molar-refractivity contribution in [2.24, 2.45) is 5.10 Å². The molecule has 0 bridgehead atoms. The molecule has 0 spiro atoms. The Morgan fingerprint density at radius 3 is 2.55 bits per heavy atom. The predicted octanol–water partition coefficient (Wildman–Crippen LogP) is 4.81. The van der Waals surface area contributed by atoms with Gasteiger partial charge >= 0.3 is 5.97 Å². The number of esters is 1. The summed E-state index contributed by atoms with van der Waals surface area (Å²) in [5, 5.41) is 4.37. The van der Waals surface area contributed by atoms with Gasteiger partial charge in [-0.25, -0.2) is 10.2 Å². The van der Waals surface area contributed by atoms with E-state index in [4.69, 9.17) is 25.8 Å². The Kier molecular flexibility index (Phi) is 6.20. The van der Waals surface area contributed by atoms with Crippen LogP contribution in [-0.4, -0.2) is 24.9 Å². The van der Waals surface area contributed by atoms with Gasteiger partial charge in [-0.2, -0.15) is 5.10 Å². The van der Waals surface area contributed by atoms with Crippen LogP contribution in [0.1, 0.15) is 26.3 Å². The summed E-state index contributed by atoms with van der Waals surface area (Å²) >= 11 is 9.38. The Hall–Kier alpha value is -3.36. The number of hydrogen-bond acceptors (Lipinski definition) is 6. The molecule has 1 heterocycles. The van der Waals surface area contributed by atoms with E-state index in [-0.39, 0.29) is 18.4 Å². The molecule has 4 rings (SSSR count). The Morgan fingerprint density at radius 2 is 1.74 bits per heavy atom. The Morgan fingerprint density at radius 1 is 1.00 bits per heavy atom. The molecule has 0 atom stereocenters. The van der Waals surface area contributed by atoms with Crippen LogP contribution in [0.25, 0.3) is 0 Å². The van der Waals surface area contributed by atoms with Crippen molar-refractivity contribution >= 4 is 45.6 Å². The minimum absolute atomic E-state index is 0.109. The van der Waals surface area contributed by atoms with Gasteiger partial charge in [-0.3, -0.25) is 4.79 Å². The first kappa shape index (κ1) is 20.9. The minimum atomic E-state index is -0.589. The van der Waals surface area contributed by atoms with Crippen molar-refractivity contribution in [1.82, 2.24) is 5.43 Å². The quantitative estimate of drug-likeness (QED) is 0.235. The number of benzene rings is 3. The molecule has 1 N–H and O–H groups in total. The molecular weight excluding hydrogens is 488 g/mol. The lowest BCUT2D eigenvalue weighted by Gasteiger charge is -2.08. The van der Waals surface area contributed by atoms with Crippen LogP contribution in [0, 0.1) is 0 Å². The van der Waals surface area contributed by atoms with Crippen LogP contribution in [-0.2, 0) is 0 Å². The largest absolute Gasteiger partial charge is 0.454 e. The average Bonchev–Trinajstić information content (AvgIpc) is 3.24. The van der Waals surface area contributed by atoms with Crippen LogP contribution in [0.2, 0.25) is 5.02 Å². The molecule has 1 amide bonds. The van der Waals surface area contributed by atoms with Crippen molar-refractivity contribution < 1.29 is 23.8 Å². The molecular formula is C22H14BrClN2O5. The summed E-state index contributed by atoms with van der Waals surface area (Å²) < 4.78 is 16.9. The summed E-state index contributed by atoms with van der Waals surface area (Å²) in [4.78, 5) is 24.8. The van der Waals surface area contributed by atoms with Gasteiger partial charge in [0.1, 0.15) is 5.75 Å². The monoisotopic (exact) mass is 500 g/mol. The van der Waals surface area contributed by atoms with Gasteiger partial charge < -0.3 is 14.2 Å². The van der Waals surface area contributed by atoms with Crippen molar-refractivity contribution in [3.05, 3.63) is 86.8 Å². The van der Waals surface area contributed by atoms with E-state index in [1.54, 1.807) is 60.7 Å². The number of carbonyl (C=O) groups is 2. The summed E-state index contributed by atoms with van der Waals surface area (Å²) in [6, 6.07) is 16.3. The Balaban J connectivity index is 1.48. The minimum Gasteiger partial charge on any atom is -0.454 e. The van der Waals surface area contributed by atoms with Crippen molar-refractivity contribution in [2.45, 2.75) is 0 Å². The number of nitrogens with one attached hydrogen (secondary N) is 1. The van der Waals surface area contributed by atoms with Crippen molar-refractivity contribution in [2.75, 3.05) is 6.79 Å². The zero-order valence-corrected chi connectivity index (χ0v) is 18.1. The molecule has 0 unspecified atom stereocenters. The zero-order chi connectivity index (χ0) is 21.8. The van der Waals surface area contributed by atoms with Crippen molar-refractivity contribution in [3.8, 4) is 17.2 Å². The second-order valence-electron chi connectivity index (χ2n) is 6.35. The van der Waals surface area contributed by atoms with Crippen LogP contribution in [0.5, 0.6) is 17.2 Å². The number of halogens is 2. The average molecular weight is 502 g/mol. The van der Waals surface area contributed by atoms with Crippen LogP contribution in [0.15, 0.2) is 70.2 Å². The number of hydrazone groups is 1. The zero-order valence-electron chi connectivity index (χ0n) is 15.8. The molecule has 0 fully saturated rings. The van der Waals surface area contributed by atoms with Crippen LogP contribution in [0.4, 0.5) is 0 Å².